The second-order valence-corrected chi connectivity index (χ2v) is 4.28. The number of imidazole rings is 1. The van der Waals surface area contributed by atoms with E-state index in [-0.39, 0.29) is 12.8 Å². The van der Waals surface area contributed by atoms with E-state index in [0.29, 0.717) is 12.4 Å². The molecule has 17 heavy (non-hydrogen) atoms. The molecule has 1 unspecified atom stereocenters. The molecule has 1 aromatic rings. The number of aryl methyl sites for hydroxylation is 1. The molecule has 0 saturated carbocycles. The predicted molar refractivity (Wildman–Crippen MR) is 57.4 cm³/mol. The summed E-state index contributed by atoms with van der Waals surface area (Å²) in [6.45, 7) is 4.01. The van der Waals surface area contributed by atoms with E-state index >= 15 is 0 Å². The lowest BCUT2D eigenvalue weighted by molar-refractivity contribution is -0.138. The number of hydrogen-bond acceptors (Lipinski definition) is 2. The SMILES string of the molecule is CCn1ccnc1C(C)(O)CCCC(F)(F)F. The molecule has 1 N–H and O–H groups in total. The van der Waals surface area contributed by atoms with Gasteiger partial charge in [-0.15, -0.1) is 0 Å². The van der Waals surface area contributed by atoms with Crippen molar-refractivity contribution in [2.24, 2.45) is 0 Å². The average Bonchev–Trinajstić information content (AvgIpc) is 2.63. The molecule has 98 valence electrons. The highest BCUT2D eigenvalue weighted by atomic mass is 19.4. The smallest absolute Gasteiger partial charge is 0.382 e. The fourth-order valence-corrected chi connectivity index (χ4v) is 1.78. The van der Waals surface area contributed by atoms with Crippen molar-refractivity contribution in [2.45, 2.75) is 51.4 Å². The number of nitrogens with zero attached hydrogens (tertiary/aromatic N) is 2. The Hall–Kier alpha value is -1.04. The van der Waals surface area contributed by atoms with Gasteiger partial charge < -0.3 is 9.67 Å². The Morgan fingerprint density at radius 2 is 2.00 bits per heavy atom. The van der Waals surface area contributed by atoms with Crippen LogP contribution in [-0.4, -0.2) is 20.8 Å². The molecule has 6 heteroatoms. The van der Waals surface area contributed by atoms with Crippen molar-refractivity contribution in [2.75, 3.05) is 0 Å². The van der Waals surface area contributed by atoms with Crippen molar-refractivity contribution >= 4 is 0 Å². The molecule has 0 radical (unpaired) electrons. The van der Waals surface area contributed by atoms with Gasteiger partial charge in [-0.05, 0) is 26.7 Å². The zero-order chi connectivity index (χ0) is 13.1. The maximum absolute atomic E-state index is 12.0. The molecule has 3 nitrogen and oxygen atoms in total. The molecular formula is C11H17F3N2O. The minimum Gasteiger partial charge on any atom is -0.382 e. The first-order chi connectivity index (χ1) is 7.76. The third-order valence-electron chi connectivity index (χ3n) is 2.66. The van der Waals surface area contributed by atoms with Crippen molar-refractivity contribution in [3.05, 3.63) is 18.2 Å². The van der Waals surface area contributed by atoms with Gasteiger partial charge in [0.2, 0.25) is 0 Å². The molecule has 0 fully saturated rings. The standard InChI is InChI=1S/C11H17F3N2O/c1-3-16-8-7-15-9(16)10(2,17)5-4-6-11(12,13)14/h7-8,17H,3-6H2,1-2H3. The third kappa shape index (κ3) is 4.03. The zero-order valence-electron chi connectivity index (χ0n) is 9.96. The Labute approximate surface area is 98.3 Å². The molecule has 1 aromatic heterocycles. The number of halogens is 3. The zero-order valence-corrected chi connectivity index (χ0v) is 9.96. The molecule has 0 aliphatic rings. The van der Waals surface area contributed by atoms with Crippen LogP contribution in [0.4, 0.5) is 13.2 Å². The molecule has 0 aliphatic carbocycles. The monoisotopic (exact) mass is 250 g/mol. The van der Waals surface area contributed by atoms with E-state index in [0.717, 1.165) is 0 Å². The van der Waals surface area contributed by atoms with E-state index in [1.165, 1.54) is 13.1 Å². The number of aromatic nitrogens is 2. The topological polar surface area (TPSA) is 38.0 Å². The summed E-state index contributed by atoms with van der Waals surface area (Å²) in [6.07, 6.45) is -1.87. The van der Waals surface area contributed by atoms with Gasteiger partial charge in [0.1, 0.15) is 11.4 Å². The van der Waals surface area contributed by atoms with Gasteiger partial charge >= 0.3 is 6.18 Å². The van der Waals surface area contributed by atoms with Crippen LogP contribution in [0.5, 0.6) is 0 Å². The van der Waals surface area contributed by atoms with Crippen LogP contribution in [0.25, 0.3) is 0 Å². The van der Waals surface area contributed by atoms with E-state index in [1.54, 1.807) is 10.8 Å². The van der Waals surface area contributed by atoms with Crippen LogP contribution in [0.1, 0.15) is 38.9 Å². The van der Waals surface area contributed by atoms with E-state index in [1.807, 2.05) is 6.92 Å². The van der Waals surface area contributed by atoms with Crippen molar-refractivity contribution in [1.82, 2.24) is 9.55 Å². The molecule has 0 bridgehead atoms. The Morgan fingerprint density at radius 3 is 2.53 bits per heavy atom. The number of aliphatic hydroxyl groups is 1. The highest BCUT2D eigenvalue weighted by molar-refractivity contribution is 5.03. The average molecular weight is 250 g/mol. The second kappa shape index (κ2) is 5.08. The predicted octanol–water partition coefficient (Wildman–Crippen LogP) is 2.84. The molecular weight excluding hydrogens is 233 g/mol. The summed E-state index contributed by atoms with van der Waals surface area (Å²) in [4.78, 5) is 4.01. The maximum atomic E-state index is 12.0. The van der Waals surface area contributed by atoms with Crippen LogP contribution in [-0.2, 0) is 12.1 Å². The lowest BCUT2D eigenvalue weighted by Crippen LogP contribution is -2.26. The molecule has 0 saturated heterocycles. The first-order valence-corrected chi connectivity index (χ1v) is 5.57. The van der Waals surface area contributed by atoms with Crippen molar-refractivity contribution in [3.63, 3.8) is 0 Å². The summed E-state index contributed by atoms with van der Waals surface area (Å²) in [6, 6.07) is 0. The first-order valence-electron chi connectivity index (χ1n) is 5.57. The van der Waals surface area contributed by atoms with Gasteiger partial charge in [-0.25, -0.2) is 4.98 Å². The van der Waals surface area contributed by atoms with E-state index < -0.39 is 18.2 Å². The highest BCUT2D eigenvalue weighted by Crippen LogP contribution is 2.29. The Morgan fingerprint density at radius 1 is 1.35 bits per heavy atom. The van der Waals surface area contributed by atoms with Crippen LogP contribution < -0.4 is 0 Å². The molecule has 0 spiro atoms. The fourth-order valence-electron chi connectivity index (χ4n) is 1.78. The lowest BCUT2D eigenvalue weighted by atomic mass is 9.98. The van der Waals surface area contributed by atoms with Gasteiger partial charge in [-0.3, -0.25) is 0 Å². The van der Waals surface area contributed by atoms with Gasteiger partial charge in [0.15, 0.2) is 0 Å². The van der Waals surface area contributed by atoms with Crippen molar-refractivity contribution < 1.29 is 18.3 Å². The summed E-state index contributed by atoms with van der Waals surface area (Å²) in [7, 11) is 0. The normalized spacial score (nSPS) is 15.9. The summed E-state index contributed by atoms with van der Waals surface area (Å²) in [5, 5.41) is 10.1. The van der Waals surface area contributed by atoms with E-state index in [2.05, 4.69) is 4.98 Å². The first kappa shape index (κ1) is 14.0. The Balaban J connectivity index is 2.62. The van der Waals surface area contributed by atoms with Crippen LogP contribution in [0, 0.1) is 0 Å². The van der Waals surface area contributed by atoms with Gasteiger partial charge in [0.05, 0.1) is 0 Å². The van der Waals surface area contributed by atoms with Gasteiger partial charge in [-0.1, -0.05) is 0 Å². The molecule has 0 aromatic carbocycles. The van der Waals surface area contributed by atoms with Crippen molar-refractivity contribution in [3.8, 4) is 0 Å². The van der Waals surface area contributed by atoms with Crippen LogP contribution >= 0.6 is 0 Å². The largest absolute Gasteiger partial charge is 0.389 e. The third-order valence-corrected chi connectivity index (χ3v) is 2.66. The summed E-state index contributed by atoms with van der Waals surface area (Å²) < 4.78 is 37.8. The van der Waals surface area contributed by atoms with Crippen LogP contribution in [0.2, 0.25) is 0 Å². The minimum atomic E-state index is -4.17. The number of rotatable bonds is 5. The minimum absolute atomic E-state index is 0.0452. The molecule has 1 heterocycles. The van der Waals surface area contributed by atoms with Gasteiger partial charge in [0, 0.05) is 25.4 Å². The number of hydrogen-bond donors (Lipinski definition) is 1. The fraction of sp³-hybridized carbons (Fsp3) is 0.727. The highest BCUT2D eigenvalue weighted by Gasteiger charge is 2.31. The maximum Gasteiger partial charge on any atom is 0.389 e. The van der Waals surface area contributed by atoms with Crippen molar-refractivity contribution in [1.29, 1.82) is 0 Å². The van der Waals surface area contributed by atoms with Gasteiger partial charge in [-0.2, -0.15) is 13.2 Å². The second-order valence-electron chi connectivity index (χ2n) is 4.28. The Kier molecular flexibility index (Phi) is 4.19. The van der Waals surface area contributed by atoms with Crippen LogP contribution in [0.15, 0.2) is 12.4 Å². The number of alkyl halides is 3. The van der Waals surface area contributed by atoms with Gasteiger partial charge in [0.25, 0.3) is 0 Å². The Bertz CT molecular complexity index is 358. The van der Waals surface area contributed by atoms with E-state index in [9.17, 15) is 18.3 Å². The summed E-state index contributed by atoms with van der Waals surface area (Å²) >= 11 is 0. The molecule has 1 atom stereocenters. The van der Waals surface area contributed by atoms with E-state index in [4.69, 9.17) is 0 Å². The molecule has 0 amide bonds. The summed E-state index contributed by atoms with van der Waals surface area (Å²) in [5.41, 5.74) is -1.31. The molecule has 1 rings (SSSR count). The van der Waals surface area contributed by atoms with Crippen LogP contribution in [0.3, 0.4) is 0 Å². The lowest BCUT2D eigenvalue weighted by Gasteiger charge is -2.23. The molecule has 0 aliphatic heterocycles. The quantitative estimate of drug-likeness (QED) is 0.872. The summed E-state index contributed by atoms with van der Waals surface area (Å²) in [5.74, 6) is 0.419.